The Morgan fingerprint density at radius 2 is 1.61 bits per heavy atom. The Labute approximate surface area is 224 Å². The topological polar surface area (TPSA) is 95.5 Å². The number of hydrogen-bond donors (Lipinski definition) is 1. The minimum Gasteiger partial charge on any atom is -0.493 e. The standard InChI is InChI=1S/C29H25ClN2O6/c1-18(37-22-12-10-21(30)11-13-22)28(33)32-31-17-24-23-7-5-4-6-19(23)8-14-25(24)38-29(34)20-9-15-26(35-2)27(16-20)36-3/h4-18H,1-3H3,(H,32,33)/b31-17-/t18-/m0/s1. The van der Waals surface area contributed by atoms with Gasteiger partial charge in [-0.2, -0.15) is 5.10 Å². The van der Waals surface area contributed by atoms with Crippen molar-refractivity contribution in [3.05, 3.63) is 95.0 Å². The van der Waals surface area contributed by atoms with Gasteiger partial charge in [0.05, 0.1) is 26.0 Å². The van der Waals surface area contributed by atoms with Crippen molar-refractivity contribution >= 4 is 40.5 Å². The molecule has 194 valence electrons. The van der Waals surface area contributed by atoms with Gasteiger partial charge in [-0.3, -0.25) is 4.79 Å². The number of amides is 1. The molecule has 0 radical (unpaired) electrons. The fourth-order valence-electron chi connectivity index (χ4n) is 3.64. The number of carbonyl (C=O) groups excluding carboxylic acids is 2. The summed E-state index contributed by atoms with van der Waals surface area (Å²) in [7, 11) is 3.00. The Bertz CT molecular complexity index is 1490. The highest BCUT2D eigenvalue weighted by Gasteiger charge is 2.17. The number of hydrazone groups is 1. The molecule has 0 saturated carbocycles. The SMILES string of the molecule is COc1ccc(C(=O)Oc2ccc3ccccc3c2/C=N\NC(=O)[C@H](C)Oc2ccc(Cl)cc2)cc1OC. The Kier molecular flexibility index (Phi) is 8.45. The first-order valence-corrected chi connectivity index (χ1v) is 12.0. The zero-order valence-electron chi connectivity index (χ0n) is 20.9. The number of hydrogen-bond acceptors (Lipinski definition) is 7. The van der Waals surface area contributed by atoms with Crippen LogP contribution in [-0.2, 0) is 4.79 Å². The average Bonchev–Trinajstić information content (AvgIpc) is 2.94. The molecule has 9 heteroatoms. The van der Waals surface area contributed by atoms with E-state index >= 15 is 0 Å². The van der Waals surface area contributed by atoms with Crippen molar-refractivity contribution in [3.63, 3.8) is 0 Å². The van der Waals surface area contributed by atoms with Gasteiger partial charge in [0.25, 0.3) is 5.91 Å². The molecule has 0 aliphatic carbocycles. The molecule has 0 unspecified atom stereocenters. The van der Waals surface area contributed by atoms with Gasteiger partial charge in [-0.1, -0.05) is 41.9 Å². The van der Waals surface area contributed by atoms with Crippen LogP contribution in [0.2, 0.25) is 5.02 Å². The third-order valence-electron chi connectivity index (χ3n) is 5.62. The molecule has 1 N–H and O–H groups in total. The molecule has 1 amide bonds. The van der Waals surface area contributed by atoms with Gasteiger partial charge in [0.15, 0.2) is 17.6 Å². The molecule has 1 atom stereocenters. The van der Waals surface area contributed by atoms with E-state index in [1.807, 2.05) is 30.3 Å². The number of benzene rings is 4. The van der Waals surface area contributed by atoms with Gasteiger partial charge in [0.1, 0.15) is 11.5 Å². The largest absolute Gasteiger partial charge is 0.493 e. The van der Waals surface area contributed by atoms with E-state index in [-0.39, 0.29) is 11.3 Å². The van der Waals surface area contributed by atoms with Crippen LogP contribution < -0.4 is 24.4 Å². The van der Waals surface area contributed by atoms with Crippen molar-refractivity contribution in [2.45, 2.75) is 13.0 Å². The molecule has 0 fully saturated rings. The lowest BCUT2D eigenvalue weighted by Gasteiger charge is -2.13. The third kappa shape index (κ3) is 6.22. The zero-order chi connectivity index (χ0) is 27.1. The predicted octanol–water partition coefficient (Wildman–Crippen LogP) is 5.65. The van der Waals surface area contributed by atoms with Crippen LogP contribution in [0.1, 0.15) is 22.8 Å². The van der Waals surface area contributed by atoms with Crippen molar-refractivity contribution in [1.29, 1.82) is 0 Å². The van der Waals surface area contributed by atoms with E-state index in [1.165, 1.54) is 26.5 Å². The predicted molar refractivity (Wildman–Crippen MR) is 146 cm³/mol. The van der Waals surface area contributed by atoms with Crippen LogP contribution in [-0.4, -0.2) is 38.4 Å². The lowest BCUT2D eigenvalue weighted by atomic mass is 10.0. The normalized spacial score (nSPS) is 11.7. The fourth-order valence-corrected chi connectivity index (χ4v) is 3.77. The first-order valence-electron chi connectivity index (χ1n) is 11.6. The van der Waals surface area contributed by atoms with E-state index in [9.17, 15) is 9.59 Å². The van der Waals surface area contributed by atoms with E-state index in [0.29, 0.717) is 27.8 Å². The second-order valence-corrected chi connectivity index (χ2v) is 8.54. The first-order chi connectivity index (χ1) is 18.4. The van der Waals surface area contributed by atoms with Crippen molar-refractivity contribution in [1.82, 2.24) is 5.43 Å². The minimum atomic E-state index is -0.816. The molecule has 0 spiro atoms. The molecule has 0 heterocycles. The summed E-state index contributed by atoms with van der Waals surface area (Å²) in [5.41, 5.74) is 3.27. The minimum absolute atomic E-state index is 0.270. The third-order valence-corrected chi connectivity index (χ3v) is 5.87. The maximum Gasteiger partial charge on any atom is 0.343 e. The summed E-state index contributed by atoms with van der Waals surface area (Å²) in [6.45, 7) is 1.60. The zero-order valence-corrected chi connectivity index (χ0v) is 21.7. The number of esters is 1. The van der Waals surface area contributed by atoms with Gasteiger partial charge >= 0.3 is 5.97 Å². The van der Waals surface area contributed by atoms with Crippen molar-refractivity contribution < 1.29 is 28.5 Å². The smallest absolute Gasteiger partial charge is 0.343 e. The van der Waals surface area contributed by atoms with Gasteiger partial charge in [-0.15, -0.1) is 0 Å². The summed E-state index contributed by atoms with van der Waals surface area (Å²) in [6.07, 6.45) is 0.620. The molecule has 0 saturated heterocycles. The quantitative estimate of drug-likeness (QED) is 0.130. The second-order valence-electron chi connectivity index (χ2n) is 8.11. The van der Waals surface area contributed by atoms with Crippen LogP contribution in [0.3, 0.4) is 0 Å². The Hall–Kier alpha value is -4.56. The number of carbonyl (C=O) groups is 2. The summed E-state index contributed by atoms with van der Waals surface area (Å²) in [4.78, 5) is 25.5. The lowest BCUT2D eigenvalue weighted by molar-refractivity contribution is -0.127. The summed E-state index contributed by atoms with van der Waals surface area (Å²) in [5.74, 6) is 0.615. The van der Waals surface area contributed by atoms with Gasteiger partial charge in [-0.25, -0.2) is 10.2 Å². The molecule has 4 aromatic rings. The molecule has 0 aliphatic heterocycles. The van der Waals surface area contributed by atoms with Crippen LogP contribution >= 0.6 is 11.6 Å². The lowest BCUT2D eigenvalue weighted by Crippen LogP contribution is -2.33. The number of methoxy groups -OCH3 is 2. The summed E-state index contributed by atoms with van der Waals surface area (Å²) < 4.78 is 21.9. The summed E-state index contributed by atoms with van der Waals surface area (Å²) >= 11 is 5.89. The highest BCUT2D eigenvalue weighted by molar-refractivity contribution is 6.30. The average molecular weight is 533 g/mol. The van der Waals surface area contributed by atoms with Crippen molar-refractivity contribution in [3.8, 4) is 23.0 Å². The summed E-state index contributed by atoms with van der Waals surface area (Å²) in [6, 6.07) is 22.5. The second kappa shape index (κ2) is 12.1. The number of rotatable bonds is 9. The molecule has 0 aliphatic rings. The van der Waals surface area contributed by atoms with Gasteiger partial charge in [-0.05, 0) is 66.2 Å². The van der Waals surface area contributed by atoms with Crippen molar-refractivity contribution in [2.24, 2.45) is 5.10 Å². The van der Waals surface area contributed by atoms with Gasteiger partial charge in [0, 0.05) is 10.6 Å². The molecule has 4 aromatic carbocycles. The fraction of sp³-hybridized carbons (Fsp3) is 0.138. The molecule has 8 nitrogen and oxygen atoms in total. The molecular weight excluding hydrogens is 508 g/mol. The summed E-state index contributed by atoms with van der Waals surface area (Å²) in [5, 5.41) is 6.37. The van der Waals surface area contributed by atoms with Gasteiger partial charge < -0.3 is 18.9 Å². The van der Waals surface area contributed by atoms with E-state index in [2.05, 4.69) is 10.5 Å². The van der Waals surface area contributed by atoms with Crippen molar-refractivity contribution in [2.75, 3.05) is 14.2 Å². The maximum atomic E-state index is 13.0. The van der Waals surface area contributed by atoms with E-state index in [0.717, 1.165) is 10.8 Å². The van der Waals surface area contributed by atoms with Crippen LogP contribution in [0.15, 0.2) is 84.0 Å². The Balaban J connectivity index is 1.54. The number of nitrogens with zero attached hydrogens (tertiary/aromatic N) is 1. The highest BCUT2D eigenvalue weighted by Crippen LogP contribution is 2.30. The molecule has 0 bridgehead atoms. The molecule has 0 aromatic heterocycles. The monoisotopic (exact) mass is 532 g/mol. The van der Waals surface area contributed by atoms with Crippen LogP contribution in [0.5, 0.6) is 23.0 Å². The molecule has 38 heavy (non-hydrogen) atoms. The van der Waals surface area contributed by atoms with E-state index in [1.54, 1.807) is 49.4 Å². The molecule has 4 rings (SSSR count). The number of fused-ring (bicyclic) bond motifs is 1. The Morgan fingerprint density at radius 1 is 0.895 bits per heavy atom. The number of ether oxygens (including phenoxy) is 4. The number of halogens is 1. The van der Waals surface area contributed by atoms with Crippen LogP contribution in [0.25, 0.3) is 10.8 Å². The van der Waals surface area contributed by atoms with Crippen LogP contribution in [0.4, 0.5) is 0 Å². The van der Waals surface area contributed by atoms with E-state index in [4.69, 9.17) is 30.5 Å². The Morgan fingerprint density at radius 3 is 2.34 bits per heavy atom. The van der Waals surface area contributed by atoms with Crippen LogP contribution in [0, 0.1) is 0 Å². The first kappa shape index (κ1) is 26.5. The highest BCUT2D eigenvalue weighted by atomic mass is 35.5. The van der Waals surface area contributed by atoms with E-state index < -0.39 is 18.0 Å². The molecular formula is C29H25ClN2O6. The van der Waals surface area contributed by atoms with Gasteiger partial charge in [0.2, 0.25) is 0 Å². The number of nitrogens with one attached hydrogen (secondary N) is 1. The maximum absolute atomic E-state index is 13.0.